The molecule has 5 heteroatoms. The molecule has 0 bridgehead atoms. The Labute approximate surface area is 134 Å². The van der Waals surface area contributed by atoms with E-state index in [4.69, 9.17) is 0 Å². The normalized spacial score (nSPS) is 24.2. The molecule has 1 heterocycles. The van der Waals surface area contributed by atoms with Gasteiger partial charge in [-0.3, -0.25) is 0 Å². The fourth-order valence-corrected chi connectivity index (χ4v) is 3.57. The SMILES string of the molecule is CCC(C)C1CN(c2c(F)cc(F)cc2Br)C(CC)CN1. The zero-order valence-corrected chi connectivity index (χ0v) is 14.4. The summed E-state index contributed by atoms with van der Waals surface area (Å²) in [5, 5.41) is 3.57. The maximum absolute atomic E-state index is 14.3. The van der Waals surface area contributed by atoms with E-state index in [9.17, 15) is 8.78 Å². The minimum absolute atomic E-state index is 0.224. The van der Waals surface area contributed by atoms with E-state index in [1.54, 1.807) is 0 Å². The summed E-state index contributed by atoms with van der Waals surface area (Å²) in [7, 11) is 0. The molecule has 21 heavy (non-hydrogen) atoms. The summed E-state index contributed by atoms with van der Waals surface area (Å²) in [5.74, 6) is -0.525. The molecule has 2 nitrogen and oxygen atoms in total. The summed E-state index contributed by atoms with van der Waals surface area (Å²) < 4.78 is 28.1. The Hall–Kier alpha value is -0.680. The van der Waals surface area contributed by atoms with Gasteiger partial charge in [0.25, 0.3) is 0 Å². The van der Waals surface area contributed by atoms with Crippen LogP contribution in [0.3, 0.4) is 0 Å². The highest BCUT2D eigenvalue weighted by atomic mass is 79.9. The van der Waals surface area contributed by atoms with Crippen molar-refractivity contribution in [3.05, 3.63) is 28.2 Å². The Morgan fingerprint density at radius 1 is 1.38 bits per heavy atom. The molecule has 1 aromatic rings. The number of nitrogens with zero attached hydrogens (tertiary/aromatic N) is 1. The molecule has 1 N–H and O–H groups in total. The van der Waals surface area contributed by atoms with Gasteiger partial charge in [0, 0.05) is 35.7 Å². The summed E-state index contributed by atoms with van der Waals surface area (Å²) in [4.78, 5) is 2.09. The van der Waals surface area contributed by atoms with E-state index >= 15 is 0 Å². The minimum Gasteiger partial charge on any atom is -0.362 e. The van der Waals surface area contributed by atoms with E-state index in [1.807, 2.05) is 0 Å². The number of anilines is 1. The number of rotatable bonds is 4. The molecule has 0 aromatic heterocycles. The van der Waals surface area contributed by atoms with Gasteiger partial charge in [0.05, 0.1) is 5.69 Å². The number of benzene rings is 1. The van der Waals surface area contributed by atoms with Crippen molar-refractivity contribution in [3.8, 4) is 0 Å². The second kappa shape index (κ2) is 7.05. The van der Waals surface area contributed by atoms with E-state index < -0.39 is 11.6 Å². The molecule has 118 valence electrons. The third kappa shape index (κ3) is 3.57. The largest absolute Gasteiger partial charge is 0.362 e. The molecule has 1 fully saturated rings. The number of hydrogen-bond acceptors (Lipinski definition) is 2. The predicted octanol–water partition coefficient (Wildman–Crippen LogP) is 4.33. The predicted molar refractivity (Wildman–Crippen MR) is 86.7 cm³/mol. The molecule has 1 aliphatic rings. The Bertz CT molecular complexity index is 472. The van der Waals surface area contributed by atoms with Crippen molar-refractivity contribution in [2.45, 2.75) is 45.7 Å². The Balaban J connectivity index is 2.33. The summed E-state index contributed by atoms with van der Waals surface area (Å²) in [6, 6.07) is 2.86. The fraction of sp³-hybridized carbons (Fsp3) is 0.625. The topological polar surface area (TPSA) is 15.3 Å². The van der Waals surface area contributed by atoms with Gasteiger partial charge in [-0.2, -0.15) is 0 Å². The molecule has 3 unspecified atom stereocenters. The number of piperazine rings is 1. The summed E-state index contributed by atoms with van der Waals surface area (Å²) >= 11 is 3.32. The number of halogens is 3. The summed E-state index contributed by atoms with van der Waals surface area (Å²) in [5.41, 5.74) is 0.484. The molecule has 0 aliphatic carbocycles. The van der Waals surface area contributed by atoms with Gasteiger partial charge in [-0.1, -0.05) is 27.2 Å². The van der Waals surface area contributed by atoms with E-state index in [-0.39, 0.29) is 6.04 Å². The van der Waals surface area contributed by atoms with Crippen LogP contribution in [0, 0.1) is 17.6 Å². The van der Waals surface area contributed by atoms with Crippen LogP contribution in [0.2, 0.25) is 0 Å². The first kappa shape index (κ1) is 16.7. The highest BCUT2D eigenvalue weighted by Crippen LogP contribution is 2.34. The van der Waals surface area contributed by atoms with Crippen molar-refractivity contribution < 1.29 is 8.78 Å². The van der Waals surface area contributed by atoms with Gasteiger partial charge < -0.3 is 10.2 Å². The molecule has 0 saturated carbocycles. The third-order valence-corrected chi connectivity index (χ3v) is 5.13. The lowest BCUT2D eigenvalue weighted by molar-refractivity contribution is 0.304. The zero-order valence-electron chi connectivity index (χ0n) is 12.8. The van der Waals surface area contributed by atoms with Crippen molar-refractivity contribution >= 4 is 21.6 Å². The van der Waals surface area contributed by atoms with Gasteiger partial charge in [0.1, 0.15) is 5.82 Å². The molecule has 0 spiro atoms. The Kier molecular flexibility index (Phi) is 5.60. The van der Waals surface area contributed by atoms with Crippen LogP contribution in [0.1, 0.15) is 33.6 Å². The fourth-order valence-electron chi connectivity index (χ4n) is 2.94. The van der Waals surface area contributed by atoms with Crippen LogP contribution in [-0.4, -0.2) is 25.2 Å². The van der Waals surface area contributed by atoms with Gasteiger partial charge in [-0.25, -0.2) is 8.78 Å². The standard InChI is InChI=1S/C16H23BrF2N2/c1-4-10(3)15-9-21(12(5-2)8-20-15)16-13(17)6-11(18)7-14(16)19/h6-7,10,12,15,20H,4-5,8-9H2,1-3H3. The zero-order chi connectivity index (χ0) is 15.6. The molecule has 3 atom stereocenters. The molecular formula is C16H23BrF2N2. The van der Waals surface area contributed by atoms with Crippen LogP contribution in [0.4, 0.5) is 14.5 Å². The lowest BCUT2D eigenvalue weighted by Crippen LogP contribution is -2.58. The average molecular weight is 361 g/mol. The van der Waals surface area contributed by atoms with Crippen LogP contribution in [0.15, 0.2) is 16.6 Å². The van der Waals surface area contributed by atoms with Gasteiger partial charge in [-0.05, 0) is 34.3 Å². The quantitative estimate of drug-likeness (QED) is 0.859. The first-order valence-corrected chi connectivity index (χ1v) is 8.41. The van der Waals surface area contributed by atoms with Crippen molar-refractivity contribution in [1.82, 2.24) is 5.32 Å². The van der Waals surface area contributed by atoms with Crippen LogP contribution in [0.25, 0.3) is 0 Å². The maximum atomic E-state index is 14.3. The molecule has 0 amide bonds. The summed E-state index contributed by atoms with van der Waals surface area (Å²) in [6.07, 6.45) is 2.00. The third-order valence-electron chi connectivity index (χ3n) is 4.52. The molecule has 1 aromatic carbocycles. The Morgan fingerprint density at radius 2 is 2.10 bits per heavy atom. The highest BCUT2D eigenvalue weighted by molar-refractivity contribution is 9.10. The van der Waals surface area contributed by atoms with E-state index in [0.29, 0.717) is 22.1 Å². The molecule has 1 saturated heterocycles. The second-order valence-corrected chi connectivity index (χ2v) is 6.69. The van der Waals surface area contributed by atoms with Gasteiger partial charge in [0.15, 0.2) is 5.82 Å². The molecule has 0 radical (unpaired) electrons. The first-order chi connectivity index (χ1) is 9.97. The van der Waals surface area contributed by atoms with Crippen molar-refractivity contribution in [2.75, 3.05) is 18.0 Å². The first-order valence-electron chi connectivity index (χ1n) is 7.62. The summed E-state index contributed by atoms with van der Waals surface area (Å²) in [6.45, 7) is 8.04. The van der Waals surface area contributed by atoms with Crippen molar-refractivity contribution in [2.24, 2.45) is 5.92 Å². The van der Waals surface area contributed by atoms with Crippen LogP contribution in [-0.2, 0) is 0 Å². The monoisotopic (exact) mass is 360 g/mol. The number of hydrogen-bond donors (Lipinski definition) is 1. The van der Waals surface area contributed by atoms with Crippen LogP contribution < -0.4 is 10.2 Å². The lowest BCUT2D eigenvalue weighted by atomic mass is 9.94. The lowest BCUT2D eigenvalue weighted by Gasteiger charge is -2.44. The second-order valence-electron chi connectivity index (χ2n) is 5.83. The Morgan fingerprint density at radius 3 is 2.67 bits per heavy atom. The average Bonchev–Trinajstić information content (AvgIpc) is 2.45. The van der Waals surface area contributed by atoms with E-state index in [1.165, 1.54) is 6.07 Å². The number of nitrogens with one attached hydrogen (secondary N) is 1. The smallest absolute Gasteiger partial charge is 0.150 e. The van der Waals surface area contributed by atoms with Gasteiger partial charge >= 0.3 is 0 Å². The van der Waals surface area contributed by atoms with Gasteiger partial charge in [-0.15, -0.1) is 0 Å². The van der Waals surface area contributed by atoms with E-state index in [2.05, 4.69) is 46.9 Å². The van der Waals surface area contributed by atoms with Gasteiger partial charge in [0.2, 0.25) is 0 Å². The minimum atomic E-state index is -0.551. The molecule has 1 aliphatic heterocycles. The van der Waals surface area contributed by atoms with Crippen LogP contribution in [0.5, 0.6) is 0 Å². The molecular weight excluding hydrogens is 338 g/mol. The highest BCUT2D eigenvalue weighted by Gasteiger charge is 2.31. The van der Waals surface area contributed by atoms with Crippen molar-refractivity contribution in [1.29, 1.82) is 0 Å². The van der Waals surface area contributed by atoms with Crippen molar-refractivity contribution in [3.63, 3.8) is 0 Å². The molecule has 2 rings (SSSR count). The van der Waals surface area contributed by atoms with E-state index in [0.717, 1.165) is 32.0 Å². The maximum Gasteiger partial charge on any atom is 0.150 e. The van der Waals surface area contributed by atoms with Crippen LogP contribution >= 0.6 is 15.9 Å².